The average molecular weight is 831 g/mol. The number of ether oxygens (including phenoxy) is 2. The summed E-state index contributed by atoms with van der Waals surface area (Å²) >= 11 is 7.17. The Morgan fingerprint density at radius 2 is 1.53 bits per heavy atom. The van der Waals surface area contributed by atoms with Crippen molar-refractivity contribution >= 4 is 29.2 Å². The van der Waals surface area contributed by atoms with Gasteiger partial charge in [-0.1, -0.05) is 41.9 Å². The Morgan fingerprint density at radius 3 is 2.14 bits per heavy atom. The van der Waals surface area contributed by atoms with Crippen LogP contribution in [0.2, 0.25) is 5.02 Å². The Labute approximate surface area is 345 Å². The minimum Gasteiger partial charge on any atom is -0.496 e. The number of carbonyl (C=O) groups is 2. The highest BCUT2D eigenvalue weighted by Gasteiger charge is 2.53. The zero-order chi connectivity index (χ0) is 41.4. The quantitative estimate of drug-likeness (QED) is 0.195. The lowest BCUT2D eigenvalue weighted by Gasteiger charge is -2.60. The molecular weight excluding hydrogens is 785 g/mol. The number of carbonyl (C=O) groups excluding carboxylic acids is 2. The molecule has 2 spiro atoms. The van der Waals surface area contributed by atoms with Crippen molar-refractivity contribution in [3.05, 3.63) is 81.8 Å². The summed E-state index contributed by atoms with van der Waals surface area (Å²) in [7, 11) is 3.03. The van der Waals surface area contributed by atoms with E-state index in [4.69, 9.17) is 21.1 Å². The van der Waals surface area contributed by atoms with Gasteiger partial charge in [-0.05, 0) is 41.7 Å². The predicted octanol–water partition coefficient (Wildman–Crippen LogP) is 6.32. The van der Waals surface area contributed by atoms with Crippen LogP contribution in [0, 0.1) is 10.8 Å². The fourth-order valence-corrected chi connectivity index (χ4v) is 10.3. The molecule has 4 aromatic rings. The number of likely N-dealkylation sites (tertiary alicyclic amines) is 4. The minimum atomic E-state index is -4.76. The van der Waals surface area contributed by atoms with E-state index >= 15 is 0 Å². The monoisotopic (exact) mass is 830 g/mol. The van der Waals surface area contributed by atoms with Crippen molar-refractivity contribution in [3.8, 4) is 34.0 Å². The van der Waals surface area contributed by atoms with Crippen LogP contribution >= 0.6 is 11.6 Å². The molecule has 59 heavy (non-hydrogen) atoms. The van der Waals surface area contributed by atoms with Crippen LogP contribution in [-0.4, -0.2) is 113 Å². The maximum Gasteiger partial charge on any atom is 0.437 e. The molecule has 12 nitrogen and oxygen atoms in total. The molecule has 4 fully saturated rings. The summed E-state index contributed by atoms with van der Waals surface area (Å²) in [6.45, 7) is 10.2. The van der Waals surface area contributed by atoms with Crippen LogP contribution in [0.3, 0.4) is 0 Å². The van der Waals surface area contributed by atoms with Crippen molar-refractivity contribution in [2.45, 2.75) is 52.0 Å². The number of alkyl halides is 3. The molecule has 0 unspecified atom stereocenters. The zero-order valence-corrected chi connectivity index (χ0v) is 34.2. The molecule has 5 aliphatic rings. The number of fused-ring (bicyclic) bond motifs is 1. The van der Waals surface area contributed by atoms with Crippen LogP contribution in [0.4, 0.5) is 19.0 Å². The number of methoxy groups -OCH3 is 2. The summed E-state index contributed by atoms with van der Waals surface area (Å²) in [5, 5.41) is 3.55. The van der Waals surface area contributed by atoms with Gasteiger partial charge in [0, 0.05) is 113 Å². The molecule has 0 radical (unpaired) electrons. The van der Waals surface area contributed by atoms with Gasteiger partial charge in [0.15, 0.2) is 11.5 Å². The number of pyridine rings is 1. The van der Waals surface area contributed by atoms with Gasteiger partial charge in [0.25, 0.3) is 0 Å². The van der Waals surface area contributed by atoms with Gasteiger partial charge in [-0.15, -0.1) is 0 Å². The van der Waals surface area contributed by atoms with E-state index in [0.29, 0.717) is 49.7 Å². The molecule has 4 aliphatic heterocycles. The molecule has 4 saturated heterocycles. The second kappa shape index (κ2) is 14.6. The number of anilines is 1. The summed E-state index contributed by atoms with van der Waals surface area (Å²) in [5.41, 5.74) is 5.17. The van der Waals surface area contributed by atoms with Crippen LogP contribution in [0.15, 0.2) is 48.7 Å². The molecule has 1 aliphatic carbocycles. The van der Waals surface area contributed by atoms with E-state index < -0.39 is 17.9 Å². The van der Waals surface area contributed by atoms with E-state index in [-0.39, 0.29) is 46.6 Å². The number of hydrogen-bond acceptors (Lipinski definition) is 10. The Hall–Kier alpha value is -4.99. The lowest BCUT2D eigenvalue weighted by molar-refractivity contribution is -0.158. The van der Waals surface area contributed by atoms with Gasteiger partial charge in [0.05, 0.1) is 31.0 Å². The van der Waals surface area contributed by atoms with Crippen LogP contribution in [0.25, 0.3) is 22.4 Å². The molecule has 2 aromatic carbocycles. The molecule has 0 saturated carbocycles. The van der Waals surface area contributed by atoms with Crippen molar-refractivity contribution in [1.82, 2.24) is 34.6 Å². The largest absolute Gasteiger partial charge is 0.496 e. The number of rotatable bonds is 10. The molecule has 2 amide bonds. The van der Waals surface area contributed by atoms with Gasteiger partial charge in [0.2, 0.25) is 17.7 Å². The number of halogens is 4. The van der Waals surface area contributed by atoms with Crippen molar-refractivity contribution in [3.63, 3.8) is 0 Å². The van der Waals surface area contributed by atoms with Gasteiger partial charge >= 0.3 is 6.18 Å². The summed E-state index contributed by atoms with van der Waals surface area (Å²) in [4.78, 5) is 44.5. The molecule has 0 bridgehead atoms. The topological polar surface area (TPSA) is 116 Å². The van der Waals surface area contributed by atoms with Gasteiger partial charge < -0.3 is 24.6 Å². The van der Waals surface area contributed by atoms with Crippen LogP contribution in [-0.2, 0) is 35.3 Å². The van der Waals surface area contributed by atoms with E-state index in [0.717, 1.165) is 71.9 Å². The van der Waals surface area contributed by atoms with E-state index in [1.807, 2.05) is 52.3 Å². The highest BCUT2D eigenvalue weighted by atomic mass is 35.5. The first kappa shape index (κ1) is 39.5. The zero-order valence-electron chi connectivity index (χ0n) is 33.5. The fraction of sp³-hybridized carbons (Fsp3) is 0.465. The SMILES string of the molecule is COc1cc(-c2nccc(-c3cccc4c3CC[C@H]4Nc3nc(OC)c(CN4CC5(C4)CN(C(C)=O)C5)nc3C(F)(F)F)c2Cl)ccc1CN1CC2(C1)CN(C(C)=O)C2. The first-order valence-electron chi connectivity index (χ1n) is 19.9. The van der Waals surface area contributed by atoms with E-state index in [1.54, 1.807) is 25.1 Å². The third-order valence-electron chi connectivity index (χ3n) is 12.7. The second-order valence-electron chi connectivity index (χ2n) is 17.1. The third kappa shape index (κ3) is 7.14. The molecule has 9 rings (SSSR count). The predicted molar refractivity (Wildman–Crippen MR) is 215 cm³/mol. The normalized spacial score (nSPS) is 20.4. The molecule has 2 aromatic heterocycles. The molecule has 6 heterocycles. The first-order valence-corrected chi connectivity index (χ1v) is 20.2. The first-order chi connectivity index (χ1) is 28.2. The van der Waals surface area contributed by atoms with Crippen LogP contribution in [0.5, 0.6) is 11.6 Å². The fourth-order valence-electron chi connectivity index (χ4n) is 9.97. The van der Waals surface area contributed by atoms with E-state index in [2.05, 4.69) is 25.2 Å². The minimum absolute atomic E-state index is 0.00650. The number of amides is 2. The molecule has 1 N–H and O–H groups in total. The highest BCUT2D eigenvalue weighted by Crippen LogP contribution is 2.46. The Bertz CT molecular complexity index is 2330. The second-order valence-corrected chi connectivity index (χ2v) is 17.4. The summed E-state index contributed by atoms with van der Waals surface area (Å²) < 4.78 is 55.2. The maximum atomic E-state index is 14.6. The van der Waals surface area contributed by atoms with Gasteiger partial charge in [-0.25, -0.2) is 4.98 Å². The highest BCUT2D eigenvalue weighted by molar-refractivity contribution is 6.35. The number of nitrogens with zero attached hydrogens (tertiary/aromatic N) is 7. The van der Waals surface area contributed by atoms with E-state index in [1.165, 1.54) is 14.0 Å². The number of aromatic nitrogens is 3. The van der Waals surface area contributed by atoms with Crippen molar-refractivity contribution in [1.29, 1.82) is 0 Å². The summed E-state index contributed by atoms with van der Waals surface area (Å²) in [5.74, 6) is 0.549. The smallest absolute Gasteiger partial charge is 0.437 e. The van der Waals surface area contributed by atoms with Crippen molar-refractivity contribution < 1.29 is 32.2 Å². The molecular formula is C43H46ClF3N8O4. The third-order valence-corrected chi connectivity index (χ3v) is 13.1. The van der Waals surface area contributed by atoms with Gasteiger partial charge in [0.1, 0.15) is 11.4 Å². The lowest BCUT2D eigenvalue weighted by Crippen LogP contribution is -2.72. The number of hydrogen-bond donors (Lipinski definition) is 1. The average Bonchev–Trinajstić information content (AvgIpc) is 3.54. The summed E-state index contributed by atoms with van der Waals surface area (Å²) in [6, 6.07) is 13.2. The number of benzene rings is 2. The lowest BCUT2D eigenvalue weighted by atomic mass is 9.72. The Morgan fingerprint density at radius 1 is 0.864 bits per heavy atom. The standard InChI is InChI=1S/C43H46ClF3N8O4/c1-25(56)54-21-41(22-54)17-52(18-41)15-28-9-8-27(14-35(28)58-3)37-36(44)32(12-13-48-37)29-6-5-7-31-30(29)10-11-33(31)50-39-38(43(45,46)47)49-34(40(51-39)59-4)16-53-19-42(20-53)23-55(24-42)26(2)57/h5-9,12-14,33H,10-11,15-24H2,1-4H3,(H,50,51)/t33-/m1/s1. The van der Waals surface area contributed by atoms with Gasteiger partial charge in [-0.2, -0.15) is 18.2 Å². The maximum absolute atomic E-state index is 14.6. The molecule has 1 atom stereocenters. The Kier molecular flexibility index (Phi) is 9.79. The van der Waals surface area contributed by atoms with Crippen LogP contribution < -0.4 is 14.8 Å². The van der Waals surface area contributed by atoms with Gasteiger partial charge in [-0.3, -0.25) is 24.4 Å². The summed E-state index contributed by atoms with van der Waals surface area (Å²) in [6.07, 6.45) is -1.91. The van der Waals surface area contributed by atoms with Crippen molar-refractivity contribution in [2.24, 2.45) is 10.8 Å². The molecule has 16 heteroatoms. The Balaban J connectivity index is 0.922. The van der Waals surface area contributed by atoms with E-state index in [9.17, 15) is 22.8 Å². The number of nitrogens with one attached hydrogen (secondary N) is 1. The van der Waals surface area contributed by atoms with Crippen molar-refractivity contribution in [2.75, 3.05) is 71.9 Å². The molecule has 310 valence electrons. The van der Waals surface area contributed by atoms with Crippen LogP contribution in [0.1, 0.15) is 54.4 Å².